The fourth-order valence-electron chi connectivity index (χ4n) is 3.80. The van der Waals surface area contributed by atoms with Crippen molar-refractivity contribution < 1.29 is 4.48 Å². The van der Waals surface area contributed by atoms with Gasteiger partial charge in [0.25, 0.3) is 0 Å². The molecule has 0 saturated carbocycles. The lowest BCUT2D eigenvalue weighted by Crippen LogP contribution is -2.69. The molecule has 2 nitrogen and oxygen atoms in total. The van der Waals surface area contributed by atoms with Gasteiger partial charge >= 0.3 is 0 Å². The molecule has 1 aliphatic heterocycles. The number of rotatable bonds is 10. The molecule has 0 amide bonds. The zero-order valence-electron chi connectivity index (χ0n) is 14.6. The number of likely N-dealkylation sites (N-methyl/N-ethyl adjacent to an activating group) is 1. The van der Waals surface area contributed by atoms with Gasteiger partial charge in [0.1, 0.15) is 5.54 Å². The number of piperazine rings is 1. The van der Waals surface area contributed by atoms with Crippen molar-refractivity contribution in [2.45, 2.75) is 83.6 Å². The highest BCUT2D eigenvalue weighted by atomic mass is 15.4. The first kappa shape index (κ1) is 18.0. The molecule has 0 atom stereocenters. The van der Waals surface area contributed by atoms with E-state index in [2.05, 4.69) is 33.3 Å². The van der Waals surface area contributed by atoms with E-state index in [1.165, 1.54) is 88.3 Å². The molecule has 20 heavy (non-hydrogen) atoms. The van der Waals surface area contributed by atoms with Crippen LogP contribution in [0.1, 0.15) is 78.1 Å². The van der Waals surface area contributed by atoms with Gasteiger partial charge in [-0.25, -0.2) is 0 Å². The summed E-state index contributed by atoms with van der Waals surface area (Å²) >= 11 is 0. The maximum atomic E-state index is 3.70. The minimum atomic E-state index is 0.500. The summed E-state index contributed by atoms with van der Waals surface area (Å²) in [6.45, 7) is 8.34. The van der Waals surface area contributed by atoms with Crippen molar-refractivity contribution in [2.24, 2.45) is 0 Å². The summed E-state index contributed by atoms with van der Waals surface area (Å²) in [6.07, 6.45) is 14.0. The van der Waals surface area contributed by atoms with Crippen LogP contribution in [-0.2, 0) is 0 Å². The summed E-state index contributed by atoms with van der Waals surface area (Å²) in [5, 5.41) is 3.70. The van der Waals surface area contributed by atoms with Crippen LogP contribution in [0.3, 0.4) is 0 Å². The van der Waals surface area contributed by atoms with E-state index in [1.807, 2.05) is 0 Å². The van der Waals surface area contributed by atoms with Gasteiger partial charge in [-0.2, -0.15) is 0 Å². The summed E-state index contributed by atoms with van der Waals surface area (Å²) in [4.78, 5) is 0. The van der Waals surface area contributed by atoms with Crippen molar-refractivity contribution in [3.05, 3.63) is 0 Å². The molecule has 0 radical (unpaired) electrons. The summed E-state index contributed by atoms with van der Waals surface area (Å²) in [5.41, 5.74) is 0.500. The molecule has 120 valence electrons. The van der Waals surface area contributed by atoms with Gasteiger partial charge in [-0.3, -0.25) is 0 Å². The lowest BCUT2D eigenvalue weighted by atomic mass is 9.81. The normalized spacial score (nSPS) is 21.0. The van der Waals surface area contributed by atoms with Crippen LogP contribution in [0.4, 0.5) is 0 Å². The van der Waals surface area contributed by atoms with Gasteiger partial charge in [0.05, 0.1) is 27.2 Å². The van der Waals surface area contributed by atoms with Crippen LogP contribution in [0.15, 0.2) is 0 Å². The van der Waals surface area contributed by atoms with Crippen LogP contribution < -0.4 is 5.32 Å². The Labute approximate surface area is 127 Å². The highest BCUT2D eigenvalue weighted by molar-refractivity contribution is 4.87. The van der Waals surface area contributed by atoms with Crippen molar-refractivity contribution in [1.82, 2.24) is 5.32 Å². The molecular weight excluding hydrogens is 244 g/mol. The Morgan fingerprint density at radius 2 is 1.40 bits per heavy atom. The SMILES string of the molecule is CCCCCCC1(CCCCCC)CNCC[N+]1(C)C. The summed E-state index contributed by atoms with van der Waals surface area (Å²) in [7, 11) is 4.95. The number of nitrogens with zero attached hydrogens (tertiary/aromatic N) is 1. The predicted molar refractivity (Wildman–Crippen MR) is 90.1 cm³/mol. The molecule has 1 saturated heterocycles. The summed E-state index contributed by atoms with van der Waals surface area (Å²) < 4.78 is 1.23. The molecule has 0 bridgehead atoms. The van der Waals surface area contributed by atoms with Gasteiger partial charge in [0.2, 0.25) is 0 Å². The average molecular weight is 284 g/mol. The number of unbranched alkanes of at least 4 members (excludes halogenated alkanes) is 6. The van der Waals surface area contributed by atoms with Crippen LogP contribution in [0.5, 0.6) is 0 Å². The van der Waals surface area contributed by atoms with Crippen molar-refractivity contribution in [2.75, 3.05) is 33.7 Å². The Morgan fingerprint density at radius 1 is 0.850 bits per heavy atom. The molecule has 0 aliphatic carbocycles. The van der Waals surface area contributed by atoms with E-state index in [0.717, 1.165) is 0 Å². The first-order valence-corrected chi connectivity index (χ1v) is 9.12. The van der Waals surface area contributed by atoms with Crippen LogP contribution in [0.25, 0.3) is 0 Å². The maximum absolute atomic E-state index is 3.70. The highest BCUT2D eigenvalue weighted by Crippen LogP contribution is 2.34. The first-order valence-electron chi connectivity index (χ1n) is 9.12. The number of hydrogen-bond acceptors (Lipinski definition) is 1. The Morgan fingerprint density at radius 3 is 1.85 bits per heavy atom. The largest absolute Gasteiger partial charge is 0.322 e. The minimum absolute atomic E-state index is 0.500. The molecule has 1 aliphatic rings. The molecule has 0 spiro atoms. The second-order valence-corrected chi connectivity index (χ2v) is 7.43. The maximum Gasteiger partial charge on any atom is 0.111 e. The van der Waals surface area contributed by atoms with Gasteiger partial charge in [-0.05, 0) is 12.8 Å². The van der Waals surface area contributed by atoms with E-state index < -0.39 is 0 Å². The predicted octanol–water partition coefficient (Wildman–Crippen LogP) is 4.35. The lowest BCUT2D eigenvalue weighted by Gasteiger charge is -2.52. The molecule has 2 heteroatoms. The molecule has 1 fully saturated rings. The quantitative estimate of drug-likeness (QED) is 0.464. The second kappa shape index (κ2) is 9.04. The fraction of sp³-hybridized carbons (Fsp3) is 1.00. The van der Waals surface area contributed by atoms with Gasteiger partial charge in [-0.15, -0.1) is 0 Å². The summed E-state index contributed by atoms with van der Waals surface area (Å²) in [5.74, 6) is 0. The molecule has 0 aromatic carbocycles. The van der Waals surface area contributed by atoms with E-state index in [-0.39, 0.29) is 0 Å². The fourth-order valence-corrected chi connectivity index (χ4v) is 3.80. The van der Waals surface area contributed by atoms with E-state index in [9.17, 15) is 0 Å². The van der Waals surface area contributed by atoms with E-state index in [4.69, 9.17) is 0 Å². The molecular formula is C18H39N2+. The third kappa shape index (κ3) is 5.04. The Hall–Kier alpha value is -0.0800. The van der Waals surface area contributed by atoms with Crippen molar-refractivity contribution in [3.8, 4) is 0 Å². The molecule has 1 rings (SSSR count). The zero-order valence-corrected chi connectivity index (χ0v) is 14.6. The summed E-state index contributed by atoms with van der Waals surface area (Å²) in [6, 6.07) is 0. The average Bonchev–Trinajstić information content (AvgIpc) is 2.42. The van der Waals surface area contributed by atoms with Crippen LogP contribution in [0.2, 0.25) is 0 Å². The smallest absolute Gasteiger partial charge is 0.111 e. The Kier molecular flexibility index (Phi) is 8.13. The molecule has 0 aromatic heterocycles. The molecule has 1 N–H and O–H groups in total. The standard InChI is InChI=1S/C18H39N2/c1-5-7-9-11-13-18(14-12-10-8-6-2)17-19-15-16-20(18,3)4/h19H,5-17H2,1-4H3/q+1. The number of quaternary nitrogens is 1. The minimum Gasteiger partial charge on any atom is -0.322 e. The lowest BCUT2D eigenvalue weighted by molar-refractivity contribution is -0.945. The number of hydrogen-bond donors (Lipinski definition) is 1. The van der Waals surface area contributed by atoms with Crippen molar-refractivity contribution in [1.29, 1.82) is 0 Å². The highest BCUT2D eigenvalue weighted by Gasteiger charge is 2.46. The van der Waals surface area contributed by atoms with Gasteiger partial charge in [0, 0.05) is 19.4 Å². The Bertz CT molecular complexity index is 236. The number of nitrogens with one attached hydrogen (secondary N) is 1. The van der Waals surface area contributed by atoms with Gasteiger partial charge in [-0.1, -0.05) is 52.4 Å². The van der Waals surface area contributed by atoms with Gasteiger partial charge < -0.3 is 9.80 Å². The Balaban J connectivity index is 2.56. The van der Waals surface area contributed by atoms with Crippen LogP contribution in [-0.4, -0.2) is 43.8 Å². The van der Waals surface area contributed by atoms with Crippen LogP contribution >= 0.6 is 0 Å². The third-order valence-electron chi connectivity index (χ3n) is 5.58. The molecule has 0 aromatic rings. The van der Waals surface area contributed by atoms with E-state index in [0.29, 0.717) is 5.54 Å². The van der Waals surface area contributed by atoms with Gasteiger partial charge in [0.15, 0.2) is 0 Å². The molecule has 1 heterocycles. The zero-order chi connectivity index (χ0) is 14.9. The second-order valence-electron chi connectivity index (χ2n) is 7.43. The topological polar surface area (TPSA) is 12.0 Å². The van der Waals surface area contributed by atoms with Crippen molar-refractivity contribution in [3.63, 3.8) is 0 Å². The third-order valence-corrected chi connectivity index (χ3v) is 5.58. The van der Waals surface area contributed by atoms with Crippen molar-refractivity contribution >= 4 is 0 Å². The molecule has 0 unspecified atom stereocenters. The van der Waals surface area contributed by atoms with Crippen LogP contribution in [0, 0.1) is 0 Å². The first-order chi connectivity index (χ1) is 9.58. The van der Waals surface area contributed by atoms with E-state index in [1.54, 1.807) is 0 Å². The monoisotopic (exact) mass is 283 g/mol. The van der Waals surface area contributed by atoms with E-state index >= 15 is 0 Å².